The molecule has 0 aliphatic rings. The van der Waals surface area contributed by atoms with Gasteiger partial charge < -0.3 is 24.8 Å². The fourth-order valence-corrected chi connectivity index (χ4v) is 2.67. The Hall–Kier alpha value is -2.47. The number of ether oxygens (including phenoxy) is 3. The van der Waals surface area contributed by atoms with Crippen LogP contribution in [0.4, 0.5) is 5.69 Å². The number of thiocarbonyl (C=S) groups is 1. The number of nitrogens with one attached hydrogen (secondary N) is 2. The van der Waals surface area contributed by atoms with E-state index in [4.69, 9.17) is 26.4 Å². The molecule has 0 radical (unpaired) electrons. The van der Waals surface area contributed by atoms with Gasteiger partial charge in [-0.1, -0.05) is 12.1 Å². The Morgan fingerprint density at radius 2 is 1.74 bits per heavy atom. The van der Waals surface area contributed by atoms with Crippen molar-refractivity contribution < 1.29 is 14.2 Å². The van der Waals surface area contributed by atoms with Gasteiger partial charge in [-0.25, -0.2) is 0 Å². The lowest BCUT2D eigenvalue weighted by atomic mass is 10.2. The molecule has 0 aliphatic heterocycles. The van der Waals surface area contributed by atoms with E-state index >= 15 is 0 Å². The maximum Gasteiger partial charge on any atom is 0.171 e. The van der Waals surface area contributed by atoms with Gasteiger partial charge in [-0.05, 0) is 69.7 Å². The third kappa shape index (κ3) is 6.98. The molecule has 2 N–H and O–H groups in total. The van der Waals surface area contributed by atoms with Gasteiger partial charge in [0.1, 0.15) is 5.75 Å². The Balaban J connectivity index is 1.94. The summed E-state index contributed by atoms with van der Waals surface area (Å²) in [5.74, 6) is 2.31. The van der Waals surface area contributed by atoms with Crippen LogP contribution in [0.3, 0.4) is 0 Å². The van der Waals surface area contributed by atoms with E-state index in [0.29, 0.717) is 24.9 Å². The second-order valence-electron chi connectivity index (χ2n) is 6.15. The van der Waals surface area contributed by atoms with Gasteiger partial charge in [-0.3, -0.25) is 0 Å². The molecule has 0 saturated carbocycles. The quantitative estimate of drug-likeness (QED) is 0.604. The highest BCUT2D eigenvalue weighted by Gasteiger charge is 2.07. The fraction of sp³-hybridized carbons (Fsp3) is 0.381. The highest BCUT2D eigenvalue weighted by atomic mass is 32.1. The summed E-state index contributed by atoms with van der Waals surface area (Å²) in [5.41, 5.74) is 1.94. The molecule has 0 atom stereocenters. The van der Waals surface area contributed by atoms with E-state index in [0.717, 1.165) is 28.5 Å². The predicted octanol–water partition coefficient (Wildman–Crippen LogP) is 4.76. The van der Waals surface area contributed by atoms with Crippen LogP contribution in [0, 0.1) is 0 Å². The van der Waals surface area contributed by atoms with Gasteiger partial charge in [-0.2, -0.15) is 0 Å². The first kappa shape index (κ1) is 20.8. The summed E-state index contributed by atoms with van der Waals surface area (Å²) in [6.45, 7) is 9.68. The summed E-state index contributed by atoms with van der Waals surface area (Å²) < 4.78 is 17.0. The van der Waals surface area contributed by atoms with Crippen molar-refractivity contribution in [3.8, 4) is 17.2 Å². The number of anilines is 1. The van der Waals surface area contributed by atoms with E-state index in [2.05, 4.69) is 10.6 Å². The van der Waals surface area contributed by atoms with Crippen molar-refractivity contribution >= 4 is 23.0 Å². The minimum atomic E-state index is 0.129. The Kier molecular flexibility index (Phi) is 8.20. The Bertz CT molecular complexity index is 750. The van der Waals surface area contributed by atoms with Crippen LogP contribution in [0.5, 0.6) is 17.2 Å². The van der Waals surface area contributed by atoms with Crippen molar-refractivity contribution in [3.63, 3.8) is 0 Å². The number of rotatable bonds is 9. The summed E-state index contributed by atoms with van der Waals surface area (Å²) in [6.07, 6.45) is 0.129. The third-order valence-corrected chi connectivity index (χ3v) is 3.77. The standard InChI is InChI=1S/C21H28N2O3S/c1-5-24-19-11-10-16(12-20(19)25-6-2)14-22-21(27)23-17-8-7-9-18(13-17)26-15(3)4/h7-13,15H,5-6,14H2,1-4H3,(H2,22,23,27). The topological polar surface area (TPSA) is 51.8 Å². The smallest absolute Gasteiger partial charge is 0.171 e. The van der Waals surface area contributed by atoms with Crippen LogP contribution in [0.2, 0.25) is 0 Å². The molecule has 0 saturated heterocycles. The van der Waals surface area contributed by atoms with Crippen LogP contribution in [-0.2, 0) is 6.54 Å². The Labute approximate surface area is 167 Å². The summed E-state index contributed by atoms with van der Waals surface area (Å²) in [5, 5.41) is 6.94. The van der Waals surface area contributed by atoms with Gasteiger partial charge in [-0.15, -0.1) is 0 Å². The van der Waals surface area contributed by atoms with Crippen LogP contribution in [0.1, 0.15) is 33.3 Å². The first-order chi connectivity index (χ1) is 13.0. The Morgan fingerprint density at radius 1 is 1.00 bits per heavy atom. The number of hydrogen-bond acceptors (Lipinski definition) is 4. The molecule has 27 heavy (non-hydrogen) atoms. The maximum absolute atomic E-state index is 5.70. The molecule has 0 unspecified atom stereocenters. The molecule has 5 nitrogen and oxygen atoms in total. The van der Waals surface area contributed by atoms with Crippen LogP contribution in [0.15, 0.2) is 42.5 Å². The number of benzene rings is 2. The van der Waals surface area contributed by atoms with Crippen molar-refractivity contribution in [3.05, 3.63) is 48.0 Å². The molecule has 0 spiro atoms. The zero-order valence-electron chi connectivity index (χ0n) is 16.4. The minimum absolute atomic E-state index is 0.129. The zero-order chi connectivity index (χ0) is 19.6. The van der Waals surface area contributed by atoms with E-state index in [1.165, 1.54) is 0 Å². The van der Waals surface area contributed by atoms with E-state index < -0.39 is 0 Å². The van der Waals surface area contributed by atoms with Crippen molar-refractivity contribution in [2.45, 2.75) is 40.3 Å². The molecule has 0 heterocycles. The van der Waals surface area contributed by atoms with E-state index in [1.807, 2.05) is 70.2 Å². The zero-order valence-corrected chi connectivity index (χ0v) is 17.2. The van der Waals surface area contributed by atoms with Crippen molar-refractivity contribution in [2.24, 2.45) is 0 Å². The Morgan fingerprint density at radius 3 is 2.44 bits per heavy atom. The molecular weight excluding hydrogens is 360 g/mol. The predicted molar refractivity (Wildman–Crippen MR) is 114 cm³/mol. The number of hydrogen-bond donors (Lipinski definition) is 2. The molecule has 146 valence electrons. The van der Waals surface area contributed by atoms with Crippen molar-refractivity contribution in [1.82, 2.24) is 5.32 Å². The minimum Gasteiger partial charge on any atom is -0.491 e. The van der Waals surface area contributed by atoms with E-state index in [1.54, 1.807) is 0 Å². The summed E-state index contributed by atoms with van der Waals surface area (Å²) in [4.78, 5) is 0. The lowest BCUT2D eigenvalue weighted by molar-refractivity contribution is 0.242. The molecule has 2 rings (SSSR count). The van der Waals surface area contributed by atoms with Gasteiger partial charge >= 0.3 is 0 Å². The SMILES string of the molecule is CCOc1ccc(CNC(=S)Nc2cccc(OC(C)C)c2)cc1OCC. The van der Waals surface area contributed by atoms with Crippen LogP contribution in [0.25, 0.3) is 0 Å². The molecule has 2 aromatic carbocycles. The largest absolute Gasteiger partial charge is 0.491 e. The van der Waals surface area contributed by atoms with Gasteiger partial charge in [0, 0.05) is 18.3 Å². The second-order valence-corrected chi connectivity index (χ2v) is 6.56. The normalized spacial score (nSPS) is 10.4. The van der Waals surface area contributed by atoms with Crippen LogP contribution < -0.4 is 24.8 Å². The monoisotopic (exact) mass is 388 g/mol. The van der Waals surface area contributed by atoms with E-state index in [9.17, 15) is 0 Å². The summed E-state index contributed by atoms with van der Waals surface area (Å²) >= 11 is 5.40. The molecule has 2 aromatic rings. The fourth-order valence-electron chi connectivity index (χ4n) is 2.48. The van der Waals surface area contributed by atoms with Crippen LogP contribution >= 0.6 is 12.2 Å². The second kappa shape index (κ2) is 10.6. The highest BCUT2D eigenvalue weighted by molar-refractivity contribution is 7.80. The van der Waals surface area contributed by atoms with Crippen LogP contribution in [-0.4, -0.2) is 24.4 Å². The van der Waals surface area contributed by atoms with Gasteiger partial charge in [0.05, 0.1) is 19.3 Å². The molecule has 0 aromatic heterocycles. The highest BCUT2D eigenvalue weighted by Crippen LogP contribution is 2.28. The van der Waals surface area contributed by atoms with Crippen molar-refractivity contribution in [2.75, 3.05) is 18.5 Å². The average Bonchev–Trinajstić information content (AvgIpc) is 2.62. The lowest BCUT2D eigenvalue weighted by Crippen LogP contribution is -2.27. The molecule has 0 fully saturated rings. The van der Waals surface area contributed by atoms with E-state index in [-0.39, 0.29) is 6.10 Å². The lowest BCUT2D eigenvalue weighted by Gasteiger charge is -2.15. The van der Waals surface area contributed by atoms with Gasteiger partial charge in [0.2, 0.25) is 0 Å². The molecular formula is C21H28N2O3S. The average molecular weight is 389 g/mol. The van der Waals surface area contributed by atoms with Gasteiger partial charge in [0.15, 0.2) is 16.6 Å². The third-order valence-electron chi connectivity index (χ3n) is 3.52. The first-order valence-corrected chi connectivity index (χ1v) is 9.62. The van der Waals surface area contributed by atoms with Gasteiger partial charge in [0.25, 0.3) is 0 Å². The summed E-state index contributed by atoms with van der Waals surface area (Å²) in [7, 11) is 0. The first-order valence-electron chi connectivity index (χ1n) is 9.21. The molecule has 0 aliphatic carbocycles. The molecule has 6 heteroatoms. The molecule has 0 amide bonds. The maximum atomic E-state index is 5.70. The van der Waals surface area contributed by atoms with Crippen molar-refractivity contribution in [1.29, 1.82) is 0 Å². The summed E-state index contributed by atoms with van der Waals surface area (Å²) in [6, 6.07) is 13.6. The molecule has 0 bridgehead atoms.